The van der Waals surface area contributed by atoms with E-state index in [0.29, 0.717) is 41.7 Å². The molecule has 5 aromatic carbocycles. The average molecular weight is 771 g/mol. The number of carbonyl (C=O) groups is 3. The van der Waals surface area contributed by atoms with Gasteiger partial charge in [-0.25, -0.2) is 14.4 Å². The number of hydrogen-bond acceptors (Lipinski definition) is 10. The predicted octanol–water partition coefficient (Wildman–Crippen LogP) is 12.5. The van der Waals surface area contributed by atoms with Gasteiger partial charge in [-0.1, -0.05) is 71.3 Å². The Labute approximate surface area is 334 Å². The first-order valence-corrected chi connectivity index (χ1v) is 19.7. The summed E-state index contributed by atoms with van der Waals surface area (Å²) in [6.45, 7) is 5.66. The van der Waals surface area contributed by atoms with Crippen molar-refractivity contribution in [2.45, 2.75) is 78.1 Å². The lowest BCUT2D eigenvalue weighted by Crippen LogP contribution is -2.11. The Hall–Kier alpha value is -6.29. The fourth-order valence-electron chi connectivity index (χ4n) is 5.59. The third-order valence-corrected chi connectivity index (χ3v) is 8.87. The highest BCUT2D eigenvalue weighted by Crippen LogP contribution is 2.25. The number of esters is 3. The van der Waals surface area contributed by atoms with Crippen molar-refractivity contribution in [2.75, 3.05) is 13.2 Å². The first kappa shape index (κ1) is 41.9. The van der Waals surface area contributed by atoms with Crippen LogP contribution in [0, 0.1) is 0 Å². The van der Waals surface area contributed by atoms with Crippen LogP contribution in [0.2, 0.25) is 0 Å². The third kappa shape index (κ3) is 14.4. The van der Waals surface area contributed by atoms with Crippen LogP contribution >= 0.6 is 0 Å². The highest BCUT2D eigenvalue weighted by molar-refractivity contribution is 5.95. The average Bonchev–Trinajstić information content (AvgIpc) is 3.23. The molecule has 0 unspecified atom stereocenters. The van der Waals surface area contributed by atoms with Crippen LogP contribution in [0.25, 0.3) is 0 Å². The van der Waals surface area contributed by atoms with Gasteiger partial charge in [-0.15, -0.1) is 0 Å². The highest BCUT2D eigenvalue weighted by Gasteiger charge is 2.15. The Kier molecular flexibility index (Phi) is 16.8. The molecule has 0 spiro atoms. The summed E-state index contributed by atoms with van der Waals surface area (Å²) in [5.74, 6) is 0.418. The molecular formula is C47H50N2O8. The van der Waals surface area contributed by atoms with Crippen LogP contribution in [0.4, 0.5) is 11.4 Å². The Balaban J connectivity index is 1.04. The molecule has 57 heavy (non-hydrogen) atoms. The minimum atomic E-state index is -0.651. The van der Waals surface area contributed by atoms with Crippen molar-refractivity contribution >= 4 is 29.3 Å². The maximum atomic E-state index is 12.9. The lowest BCUT2D eigenvalue weighted by molar-refractivity contribution is 0.0716. The summed E-state index contributed by atoms with van der Waals surface area (Å²) in [6, 6.07) is 33.0. The van der Waals surface area contributed by atoms with Crippen molar-refractivity contribution in [2.24, 2.45) is 10.2 Å². The van der Waals surface area contributed by atoms with Crippen molar-refractivity contribution in [1.82, 2.24) is 0 Å². The van der Waals surface area contributed by atoms with Gasteiger partial charge < -0.3 is 23.7 Å². The standard InChI is InChI=1S/C47H50N2O8/c1-3-5-7-8-9-10-11-12-33-54-40-26-20-37(21-27-40)47(52)57-44-15-13-14-43(34-44)56-46(51)36-18-16-35(17-19-36)45(50)55-42-30-24-39(25-31-42)49-48-38-22-28-41(29-23-38)53-32-6-4-2/h13-31,34H,3-12,32-33H2,1-2H3. The van der Waals surface area contributed by atoms with E-state index in [0.717, 1.165) is 31.4 Å². The fraction of sp³-hybridized carbons (Fsp3) is 0.298. The summed E-state index contributed by atoms with van der Waals surface area (Å²) in [4.78, 5) is 38.5. The number of rotatable bonds is 22. The summed E-state index contributed by atoms with van der Waals surface area (Å²) in [5.41, 5.74) is 2.09. The van der Waals surface area contributed by atoms with Gasteiger partial charge in [-0.2, -0.15) is 10.2 Å². The van der Waals surface area contributed by atoms with Crippen molar-refractivity contribution in [1.29, 1.82) is 0 Å². The van der Waals surface area contributed by atoms with Crippen LogP contribution in [0.1, 0.15) is 109 Å². The number of nitrogens with zero attached hydrogens (tertiary/aromatic N) is 2. The Morgan fingerprint density at radius 3 is 1.25 bits per heavy atom. The summed E-state index contributed by atoms with van der Waals surface area (Å²) >= 11 is 0. The fourth-order valence-corrected chi connectivity index (χ4v) is 5.59. The van der Waals surface area contributed by atoms with Gasteiger partial charge in [0.1, 0.15) is 28.7 Å². The molecule has 10 nitrogen and oxygen atoms in total. The lowest BCUT2D eigenvalue weighted by Gasteiger charge is -2.09. The molecular weight excluding hydrogens is 721 g/mol. The van der Waals surface area contributed by atoms with Gasteiger partial charge >= 0.3 is 17.9 Å². The van der Waals surface area contributed by atoms with E-state index >= 15 is 0 Å². The number of benzene rings is 5. The molecule has 0 aliphatic rings. The van der Waals surface area contributed by atoms with Crippen LogP contribution in [0.3, 0.4) is 0 Å². The molecule has 5 aromatic rings. The topological polar surface area (TPSA) is 122 Å². The quantitative estimate of drug-likeness (QED) is 0.0295. The van der Waals surface area contributed by atoms with Gasteiger partial charge in [0.05, 0.1) is 41.3 Å². The molecule has 0 saturated heterocycles. The van der Waals surface area contributed by atoms with Crippen LogP contribution in [-0.2, 0) is 0 Å². The molecule has 0 radical (unpaired) electrons. The number of hydrogen-bond donors (Lipinski definition) is 0. The number of azo groups is 1. The van der Waals surface area contributed by atoms with Crippen molar-refractivity contribution < 1.29 is 38.1 Å². The first-order valence-electron chi connectivity index (χ1n) is 19.7. The van der Waals surface area contributed by atoms with E-state index in [-0.39, 0.29) is 22.6 Å². The number of carbonyl (C=O) groups excluding carboxylic acids is 3. The van der Waals surface area contributed by atoms with Crippen LogP contribution in [0.5, 0.6) is 28.7 Å². The molecule has 0 aliphatic heterocycles. The second-order valence-electron chi connectivity index (χ2n) is 13.5. The Morgan fingerprint density at radius 2 is 0.772 bits per heavy atom. The molecule has 0 bridgehead atoms. The summed E-state index contributed by atoms with van der Waals surface area (Å²) in [6.07, 6.45) is 11.9. The smallest absolute Gasteiger partial charge is 0.343 e. The SMILES string of the molecule is CCCCCCCCCCOc1ccc(C(=O)Oc2cccc(OC(=O)c3ccc(C(=O)Oc4ccc(N=Nc5ccc(OCCCC)cc5)cc4)cc3)c2)cc1. The highest BCUT2D eigenvalue weighted by atomic mass is 16.5. The molecule has 0 atom stereocenters. The second kappa shape index (κ2) is 22.9. The molecule has 5 rings (SSSR count). The molecule has 10 heteroatoms. The largest absolute Gasteiger partial charge is 0.494 e. The van der Waals surface area contributed by atoms with Gasteiger partial charge in [-0.3, -0.25) is 0 Å². The zero-order valence-electron chi connectivity index (χ0n) is 32.7. The molecule has 0 heterocycles. The molecule has 0 fully saturated rings. The monoisotopic (exact) mass is 770 g/mol. The lowest BCUT2D eigenvalue weighted by atomic mass is 10.1. The minimum Gasteiger partial charge on any atom is -0.494 e. The maximum Gasteiger partial charge on any atom is 0.343 e. The zero-order valence-corrected chi connectivity index (χ0v) is 32.7. The van der Waals surface area contributed by atoms with Crippen LogP contribution in [-0.4, -0.2) is 31.1 Å². The zero-order chi connectivity index (χ0) is 40.1. The summed E-state index contributed by atoms with van der Waals surface area (Å²) in [7, 11) is 0. The van der Waals surface area contributed by atoms with Crippen LogP contribution < -0.4 is 23.7 Å². The van der Waals surface area contributed by atoms with E-state index in [9.17, 15) is 14.4 Å². The van der Waals surface area contributed by atoms with Gasteiger partial charge in [0.25, 0.3) is 0 Å². The Bertz CT molecular complexity index is 2030. The number of ether oxygens (including phenoxy) is 5. The molecule has 0 aliphatic carbocycles. The molecule has 296 valence electrons. The van der Waals surface area contributed by atoms with E-state index in [4.69, 9.17) is 23.7 Å². The number of unbranched alkanes of at least 4 members (excludes halogenated alkanes) is 8. The van der Waals surface area contributed by atoms with Gasteiger partial charge in [0.2, 0.25) is 0 Å². The van der Waals surface area contributed by atoms with Crippen LogP contribution in [0.15, 0.2) is 132 Å². The summed E-state index contributed by atoms with van der Waals surface area (Å²) < 4.78 is 28.1. The van der Waals surface area contributed by atoms with Crippen molar-refractivity contribution in [3.63, 3.8) is 0 Å². The van der Waals surface area contributed by atoms with E-state index in [2.05, 4.69) is 24.1 Å². The first-order chi connectivity index (χ1) is 27.9. The van der Waals surface area contributed by atoms with Crippen molar-refractivity contribution in [3.05, 3.63) is 138 Å². The van der Waals surface area contributed by atoms with Gasteiger partial charge in [0, 0.05) is 6.07 Å². The predicted molar refractivity (Wildman–Crippen MR) is 220 cm³/mol. The molecule has 0 N–H and O–H groups in total. The van der Waals surface area contributed by atoms with E-state index in [1.165, 1.54) is 68.9 Å². The van der Waals surface area contributed by atoms with Gasteiger partial charge in [0.15, 0.2) is 0 Å². The van der Waals surface area contributed by atoms with E-state index < -0.39 is 17.9 Å². The molecule has 0 aromatic heterocycles. The molecule has 0 amide bonds. The molecule has 0 saturated carbocycles. The third-order valence-electron chi connectivity index (χ3n) is 8.87. The maximum absolute atomic E-state index is 12.9. The van der Waals surface area contributed by atoms with Crippen molar-refractivity contribution in [3.8, 4) is 28.7 Å². The normalized spacial score (nSPS) is 10.9. The van der Waals surface area contributed by atoms with E-state index in [1.54, 1.807) is 66.7 Å². The minimum absolute atomic E-state index is 0.187. The van der Waals surface area contributed by atoms with Gasteiger partial charge in [-0.05, 0) is 122 Å². The van der Waals surface area contributed by atoms with E-state index in [1.807, 2.05) is 24.3 Å². The Morgan fingerprint density at radius 1 is 0.404 bits per heavy atom. The second-order valence-corrected chi connectivity index (χ2v) is 13.5. The summed E-state index contributed by atoms with van der Waals surface area (Å²) in [5, 5.41) is 8.49.